The van der Waals surface area contributed by atoms with Crippen LogP contribution in [0, 0.1) is 0 Å². The molecule has 3 N–H and O–H groups in total. The third-order valence-corrected chi connectivity index (χ3v) is 5.41. The van der Waals surface area contributed by atoms with E-state index in [9.17, 15) is 17.2 Å². The first-order valence-corrected chi connectivity index (χ1v) is 8.60. The molecule has 5 nitrogen and oxygen atoms in total. The smallest absolute Gasteiger partial charge is 0.272 e. The van der Waals surface area contributed by atoms with Crippen molar-refractivity contribution in [1.82, 2.24) is 4.72 Å². The summed E-state index contributed by atoms with van der Waals surface area (Å²) in [5.41, 5.74) is 5.15. The molecule has 0 aromatic heterocycles. The Balaban J connectivity index is 0.00000264. The first kappa shape index (κ1) is 20.1. The minimum atomic E-state index is -3.70. The molecule has 1 aliphatic rings. The molecule has 0 bridgehead atoms. The molecule has 23 heavy (non-hydrogen) atoms. The van der Waals surface area contributed by atoms with Crippen LogP contribution in [0.4, 0.5) is 8.78 Å². The Labute approximate surface area is 141 Å². The highest BCUT2D eigenvalue weighted by Crippen LogP contribution is 2.30. The molecule has 1 aliphatic carbocycles. The summed E-state index contributed by atoms with van der Waals surface area (Å²) in [6.45, 7) is -0.470. The van der Waals surface area contributed by atoms with Gasteiger partial charge in [-0.15, -0.1) is 12.4 Å². The van der Waals surface area contributed by atoms with Crippen LogP contribution in [-0.2, 0) is 10.0 Å². The van der Waals surface area contributed by atoms with Crippen molar-refractivity contribution in [2.45, 2.75) is 42.5 Å². The van der Waals surface area contributed by atoms with E-state index in [4.69, 9.17) is 10.5 Å². The largest absolute Gasteiger partial charge is 0.488 e. The Kier molecular flexibility index (Phi) is 7.19. The summed E-state index contributed by atoms with van der Waals surface area (Å²) >= 11 is 0. The number of rotatable bonds is 7. The quantitative estimate of drug-likeness (QED) is 0.771. The maximum Gasteiger partial charge on any atom is 0.272 e. The highest BCUT2D eigenvalue weighted by molar-refractivity contribution is 7.89. The molecule has 0 atom stereocenters. The molecule has 1 saturated carbocycles. The van der Waals surface area contributed by atoms with Gasteiger partial charge in [-0.3, -0.25) is 0 Å². The molecule has 1 aromatic rings. The van der Waals surface area contributed by atoms with Crippen molar-refractivity contribution in [3.63, 3.8) is 0 Å². The monoisotopic (exact) mass is 370 g/mol. The lowest BCUT2D eigenvalue weighted by Gasteiger charge is -2.28. The summed E-state index contributed by atoms with van der Waals surface area (Å²) in [7, 11) is -3.70. The predicted molar refractivity (Wildman–Crippen MR) is 85.8 cm³/mol. The molecule has 1 fully saturated rings. The Bertz CT molecular complexity index is 591. The number of ether oxygens (including phenoxy) is 1. The molecule has 9 heteroatoms. The number of hydrogen-bond acceptors (Lipinski definition) is 4. The Morgan fingerprint density at radius 3 is 2.26 bits per heavy atom. The van der Waals surface area contributed by atoms with Gasteiger partial charge in [0.15, 0.2) is 0 Å². The van der Waals surface area contributed by atoms with E-state index in [0.717, 1.165) is 25.7 Å². The van der Waals surface area contributed by atoms with Crippen LogP contribution in [0.5, 0.6) is 5.75 Å². The summed E-state index contributed by atoms with van der Waals surface area (Å²) < 4.78 is 56.4. The van der Waals surface area contributed by atoms with Gasteiger partial charge in [-0.25, -0.2) is 21.9 Å². The molecule has 0 spiro atoms. The molecule has 132 valence electrons. The Morgan fingerprint density at radius 2 is 1.78 bits per heavy atom. The second-order valence-corrected chi connectivity index (χ2v) is 7.15. The third-order valence-electron chi connectivity index (χ3n) is 3.81. The van der Waals surface area contributed by atoms with Crippen LogP contribution in [0.2, 0.25) is 0 Å². The van der Waals surface area contributed by atoms with E-state index in [1.54, 1.807) is 0 Å². The van der Waals surface area contributed by atoms with Gasteiger partial charge in [0.2, 0.25) is 10.0 Å². The molecular formula is C14H21ClF2N2O3S. The van der Waals surface area contributed by atoms with Crippen LogP contribution in [-0.4, -0.2) is 33.5 Å². The van der Waals surface area contributed by atoms with Crippen LogP contribution in [0.25, 0.3) is 0 Å². The first-order chi connectivity index (χ1) is 10.4. The van der Waals surface area contributed by atoms with Crippen molar-refractivity contribution in [3.8, 4) is 5.75 Å². The summed E-state index contributed by atoms with van der Waals surface area (Å²) in [5.74, 6) is 0.202. The van der Waals surface area contributed by atoms with Crippen molar-refractivity contribution in [2.24, 2.45) is 5.73 Å². The zero-order valence-corrected chi connectivity index (χ0v) is 14.1. The average Bonchev–Trinajstić information content (AvgIpc) is 2.94. The minimum Gasteiger partial charge on any atom is -0.488 e. The molecule has 1 aromatic carbocycles. The fourth-order valence-electron chi connectivity index (χ4n) is 2.62. The van der Waals surface area contributed by atoms with E-state index in [1.165, 1.54) is 24.3 Å². The maximum absolute atomic E-state index is 12.4. The normalized spacial score (nSPS) is 17.0. The number of nitrogens with one attached hydrogen (secondary N) is 1. The van der Waals surface area contributed by atoms with Gasteiger partial charge in [0.05, 0.1) is 4.90 Å². The van der Waals surface area contributed by atoms with E-state index in [1.807, 2.05) is 0 Å². The lowest BCUT2D eigenvalue weighted by atomic mass is 10.0. The van der Waals surface area contributed by atoms with Crippen molar-refractivity contribution >= 4 is 22.4 Å². The van der Waals surface area contributed by atoms with Crippen LogP contribution >= 0.6 is 12.4 Å². The van der Waals surface area contributed by atoms with E-state index in [0.29, 0.717) is 0 Å². The van der Waals surface area contributed by atoms with E-state index < -0.39 is 28.6 Å². The average molecular weight is 371 g/mol. The summed E-state index contributed by atoms with van der Waals surface area (Å²) in [6.07, 6.45) is 0.758. The van der Waals surface area contributed by atoms with Gasteiger partial charge in [-0.1, -0.05) is 12.8 Å². The molecule has 0 radical (unpaired) electrons. The number of hydrogen-bond donors (Lipinski definition) is 2. The summed E-state index contributed by atoms with van der Waals surface area (Å²) in [5, 5.41) is 0. The van der Waals surface area contributed by atoms with E-state index >= 15 is 0 Å². The van der Waals surface area contributed by atoms with Gasteiger partial charge in [0.1, 0.15) is 12.4 Å². The highest BCUT2D eigenvalue weighted by Gasteiger charge is 2.36. The summed E-state index contributed by atoms with van der Waals surface area (Å²) in [4.78, 5) is 0.0663. The lowest BCUT2D eigenvalue weighted by Crippen LogP contribution is -2.51. The van der Waals surface area contributed by atoms with Gasteiger partial charge < -0.3 is 10.5 Å². The minimum absolute atomic E-state index is 0. The van der Waals surface area contributed by atoms with Crippen molar-refractivity contribution in [2.75, 3.05) is 13.2 Å². The van der Waals surface area contributed by atoms with Gasteiger partial charge in [-0.2, -0.15) is 0 Å². The van der Waals surface area contributed by atoms with Crippen LogP contribution in [0.1, 0.15) is 25.7 Å². The van der Waals surface area contributed by atoms with Crippen LogP contribution in [0.3, 0.4) is 0 Å². The fourth-order valence-corrected chi connectivity index (χ4v) is 4.09. The van der Waals surface area contributed by atoms with E-state index in [-0.39, 0.29) is 29.6 Å². The summed E-state index contributed by atoms with van der Waals surface area (Å²) in [6, 6.07) is 5.39. The Hall–Kier alpha value is -0.960. The highest BCUT2D eigenvalue weighted by atomic mass is 35.5. The lowest BCUT2D eigenvalue weighted by molar-refractivity contribution is 0.0819. The molecular weight excluding hydrogens is 350 g/mol. The van der Waals surface area contributed by atoms with Gasteiger partial charge in [-0.05, 0) is 37.1 Å². The molecule has 0 unspecified atom stereocenters. The number of halogens is 3. The second-order valence-electron chi connectivity index (χ2n) is 5.47. The zero-order valence-electron chi connectivity index (χ0n) is 12.5. The maximum atomic E-state index is 12.4. The molecule has 2 rings (SSSR count). The van der Waals surface area contributed by atoms with Gasteiger partial charge in [0.25, 0.3) is 6.43 Å². The topological polar surface area (TPSA) is 81.4 Å². The molecule has 0 aliphatic heterocycles. The molecule has 0 amide bonds. The second kappa shape index (κ2) is 8.23. The SMILES string of the molecule is Cl.NCC1(NS(=O)(=O)c2ccc(OCC(F)F)cc2)CCCC1. The van der Waals surface area contributed by atoms with Gasteiger partial charge in [0, 0.05) is 12.1 Å². The van der Waals surface area contributed by atoms with E-state index in [2.05, 4.69) is 4.72 Å². The zero-order chi connectivity index (χ0) is 16.2. The first-order valence-electron chi connectivity index (χ1n) is 7.12. The fraction of sp³-hybridized carbons (Fsp3) is 0.571. The van der Waals surface area contributed by atoms with Gasteiger partial charge >= 0.3 is 0 Å². The molecule has 0 saturated heterocycles. The van der Waals surface area contributed by atoms with Crippen LogP contribution < -0.4 is 15.2 Å². The number of benzene rings is 1. The predicted octanol–water partition coefficient (Wildman–Crippen LogP) is 2.30. The number of sulfonamides is 1. The Morgan fingerprint density at radius 1 is 1.22 bits per heavy atom. The standard InChI is InChI=1S/C14H20F2N2O3S.ClH/c15-13(16)9-21-11-3-5-12(6-4-11)22(19,20)18-14(10-17)7-1-2-8-14;/h3-6,13,18H,1-2,7-10,17H2;1H. The molecule has 0 heterocycles. The number of nitrogens with two attached hydrogens (primary N) is 1. The van der Waals surface area contributed by atoms with Crippen molar-refractivity contribution in [1.29, 1.82) is 0 Å². The van der Waals surface area contributed by atoms with Crippen molar-refractivity contribution < 1.29 is 21.9 Å². The number of alkyl halides is 2. The third kappa shape index (κ3) is 5.27. The van der Waals surface area contributed by atoms with Crippen LogP contribution in [0.15, 0.2) is 29.2 Å². The van der Waals surface area contributed by atoms with Crippen molar-refractivity contribution in [3.05, 3.63) is 24.3 Å².